The molecule has 6 heteroatoms. The van der Waals surface area contributed by atoms with E-state index in [0.29, 0.717) is 12.0 Å². The summed E-state index contributed by atoms with van der Waals surface area (Å²) in [4.78, 5) is 22.9. The fourth-order valence-corrected chi connectivity index (χ4v) is 6.48. The molecule has 3 aliphatic rings. The smallest absolute Gasteiger partial charge is 0.415 e. The molecule has 1 saturated heterocycles. The van der Waals surface area contributed by atoms with Crippen LogP contribution in [0, 0.1) is 0 Å². The van der Waals surface area contributed by atoms with Gasteiger partial charge >= 0.3 is 6.09 Å². The molecule has 0 aromatic heterocycles. The Morgan fingerprint density at radius 2 is 1.64 bits per heavy atom. The zero-order chi connectivity index (χ0) is 24.7. The first-order valence-corrected chi connectivity index (χ1v) is 12.8. The lowest BCUT2D eigenvalue weighted by Gasteiger charge is -2.46. The molecule has 0 radical (unpaired) electrons. The van der Waals surface area contributed by atoms with Gasteiger partial charge in [0.15, 0.2) is 5.96 Å². The van der Waals surface area contributed by atoms with Crippen LogP contribution in [-0.4, -0.2) is 35.1 Å². The molecule has 0 spiro atoms. The lowest BCUT2D eigenvalue weighted by Crippen LogP contribution is -2.63. The van der Waals surface area contributed by atoms with E-state index in [1.807, 2.05) is 53.4 Å². The van der Waals surface area contributed by atoms with Gasteiger partial charge in [0.1, 0.15) is 12.1 Å². The first kappa shape index (κ1) is 22.7. The van der Waals surface area contributed by atoms with E-state index in [1.54, 1.807) is 0 Å². The minimum absolute atomic E-state index is 0.0879. The van der Waals surface area contributed by atoms with Crippen LogP contribution < -0.4 is 10.6 Å². The predicted molar refractivity (Wildman–Crippen MR) is 142 cm³/mol. The zero-order valence-electron chi connectivity index (χ0n) is 20.6. The fourth-order valence-electron chi connectivity index (χ4n) is 6.48. The first-order valence-electron chi connectivity index (χ1n) is 12.8. The number of nitrogens with zero attached hydrogens (tertiary/aromatic N) is 3. The molecule has 1 amide bonds. The molecule has 0 unspecified atom stereocenters. The predicted octanol–water partition coefficient (Wildman–Crippen LogP) is 5.22. The number of carbonyl (C=O) groups excluding carboxylic acids is 1. The van der Waals surface area contributed by atoms with E-state index in [0.717, 1.165) is 42.5 Å². The molecule has 3 aliphatic heterocycles. The van der Waals surface area contributed by atoms with E-state index in [2.05, 4.69) is 48.2 Å². The molecule has 0 bridgehead atoms. The van der Waals surface area contributed by atoms with Crippen LogP contribution in [0.5, 0.6) is 0 Å². The third-order valence-corrected chi connectivity index (χ3v) is 8.10. The Kier molecular flexibility index (Phi) is 5.67. The monoisotopic (exact) mass is 480 g/mol. The number of nitrogens with two attached hydrogens (primary N) is 1. The van der Waals surface area contributed by atoms with Crippen molar-refractivity contribution in [1.82, 2.24) is 4.90 Å². The average Bonchev–Trinajstić information content (AvgIpc) is 3.44. The van der Waals surface area contributed by atoms with Crippen molar-refractivity contribution in [1.29, 1.82) is 0 Å². The van der Waals surface area contributed by atoms with Crippen molar-refractivity contribution < 1.29 is 9.53 Å². The minimum atomic E-state index is -0.609. The summed E-state index contributed by atoms with van der Waals surface area (Å²) in [6, 6.07) is 28.6. The normalized spacial score (nSPS) is 26.1. The van der Waals surface area contributed by atoms with Crippen molar-refractivity contribution in [3.8, 4) is 0 Å². The highest BCUT2D eigenvalue weighted by Crippen LogP contribution is 2.52. The van der Waals surface area contributed by atoms with Crippen LogP contribution in [0.25, 0.3) is 0 Å². The Hall–Kier alpha value is -3.80. The first-order chi connectivity index (χ1) is 17.6. The van der Waals surface area contributed by atoms with Crippen LogP contribution in [0.1, 0.15) is 42.9 Å². The summed E-state index contributed by atoms with van der Waals surface area (Å²) >= 11 is 0. The highest BCUT2D eigenvalue weighted by atomic mass is 16.6. The van der Waals surface area contributed by atoms with E-state index >= 15 is 0 Å². The average molecular weight is 481 g/mol. The second kappa shape index (κ2) is 9.01. The van der Waals surface area contributed by atoms with Crippen molar-refractivity contribution in [3.05, 3.63) is 102 Å². The number of rotatable bonds is 5. The lowest BCUT2D eigenvalue weighted by molar-refractivity contribution is 0.131. The quantitative estimate of drug-likeness (QED) is 0.543. The van der Waals surface area contributed by atoms with Crippen molar-refractivity contribution in [2.75, 3.05) is 4.90 Å². The molecule has 3 aromatic rings. The number of carbonyl (C=O) groups is 1. The number of fused-ring (bicyclic) bond motifs is 5. The number of benzene rings is 3. The SMILES string of the molecule is C[C@]12N=C(N)N3[C@H](CCc4ccccc4)CC[C@H]3[C@H]1N(C(=O)OCc1ccccc1)c1ccccc12. The maximum atomic E-state index is 13.6. The standard InChI is InChI=1S/C30H32N4O2/c1-30-24-14-8-9-15-25(24)34(29(35)36-20-22-12-6-3-7-13-22)27(30)26-19-18-23(33(26)28(31)32-30)17-16-21-10-4-2-5-11-21/h2-15,23,26-27H,16-20H2,1H3,(H2,31,32)/t23-,26+,27-,30-/m1/s1. The Labute approximate surface area is 212 Å². The third kappa shape index (κ3) is 3.72. The van der Waals surface area contributed by atoms with Crippen LogP contribution in [0.4, 0.5) is 10.5 Å². The van der Waals surface area contributed by atoms with Crippen molar-refractivity contribution in [2.45, 2.75) is 62.9 Å². The highest BCUT2D eigenvalue weighted by molar-refractivity contribution is 5.94. The maximum absolute atomic E-state index is 13.6. The fraction of sp³-hybridized carbons (Fsp3) is 0.333. The van der Waals surface area contributed by atoms with E-state index in [-0.39, 0.29) is 24.8 Å². The van der Waals surface area contributed by atoms with Crippen LogP contribution in [0.15, 0.2) is 89.9 Å². The van der Waals surface area contributed by atoms with Crippen LogP contribution in [0.2, 0.25) is 0 Å². The summed E-state index contributed by atoms with van der Waals surface area (Å²) in [5, 5.41) is 0. The van der Waals surface area contributed by atoms with Crippen LogP contribution in [-0.2, 0) is 23.3 Å². The number of para-hydroxylation sites is 1. The van der Waals surface area contributed by atoms with Gasteiger partial charge < -0.3 is 15.4 Å². The van der Waals surface area contributed by atoms with E-state index < -0.39 is 5.54 Å². The van der Waals surface area contributed by atoms with E-state index in [9.17, 15) is 4.79 Å². The summed E-state index contributed by atoms with van der Waals surface area (Å²) < 4.78 is 5.86. The molecule has 36 heavy (non-hydrogen) atoms. The molecular weight excluding hydrogens is 448 g/mol. The number of hydrogen-bond acceptors (Lipinski definition) is 5. The molecule has 3 aromatic carbocycles. The van der Waals surface area contributed by atoms with Gasteiger partial charge in [0, 0.05) is 11.6 Å². The van der Waals surface area contributed by atoms with Gasteiger partial charge in [-0.05, 0) is 49.8 Å². The van der Waals surface area contributed by atoms with Crippen molar-refractivity contribution in [2.24, 2.45) is 10.7 Å². The number of amides is 1. The topological polar surface area (TPSA) is 71.2 Å². The number of aryl methyl sites for hydroxylation is 1. The molecule has 2 N–H and O–H groups in total. The molecule has 6 nitrogen and oxygen atoms in total. The van der Waals surface area contributed by atoms with Crippen LogP contribution in [0.3, 0.4) is 0 Å². The number of anilines is 1. The summed E-state index contributed by atoms with van der Waals surface area (Å²) in [7, 11) is 0. The molecular formula is C30H32N4O2. The summed E-state index contributed by atoms with van der Waals surface area (Å²) in [5.41, 5.74) is 10.3. The van der Waals surface area contributed by atoms with Gasteiger partial charge in [-0.15, -0.1) is 0 Å². The van der Waals surface area contributed by atoms with Crippen molar-refractivity contribution in [3.63, 3.8) is 0 Å². The zero-order valence-corrected chi connectivity index (χ0v) is 20.6. The molecule has 1 fully saturated rings. The van der Waals surface area contributed by atoms with Gasteiger partial charge in [0.05, 0.1) is 17.8 Å². The molecule has 4 atom stereocenters. The summed E-state index contributed by atoms with van der Waals surface area (Å²) in [6.07, 6.45) is 3.66. The summed E-state index contributed by atoms with van der Waals surface area (Å²) in [5.74, 6) is 0.587. The lowest BCUT2D eigenvalue weighted by atomic mass is 9.82. The van der Waals surface area contributed by atoms with Gasteiger partial charge in [-0.3, -0.25) is 4.90 Å². The molecule has 0 saturated carbocycles. The van der Waals surface area contributed by atoms with E-state index in [1.165, 1.54) is 5.56 Å². The molecule has 6 rings (SSSR count). The molecule has 184 valence electrons. The van der Waals surface area contributed by atoms with Crippen LogP contribution >= 0.6 is 0 Å². The van der Waals surface area contributed by atoms with Gasteiger partial charge in [-0.2, -0.15) is 0 Å². The molecule has 0 aliphatic carbocycles. The maximum Gasteiger partial charge on any atom is 0.415 e. The van der Waals surface area contributed by atoms with Crippen molar-refractivity contribution >= 4 is 17.7 Å². The highest BCUT2D eigenvalue weighted by Gasteiger charge is 2.60. The number of guanidine groups is 1. The number of aliphatic imine (C=N–C) groups is 1. The number of ether oxygens (including phenoxy) is 1. The Bertz CT molecular complexity index is 1280. The second-order valence-electron chi connectivity index (χ2n) is 10.2. The Balaban J connectivity index is 1.30. The Morgan fingerprint density at radius 3 is 2.39 bits per heavy atom. The van der Waals surface area contributed by atoms with Gasteiger partial charge in [-0.25, -0.2) is 9.79 Å². The summed E-state index contributed by atoms with van der Waals surface area (Å²) in [6.45, 7) is 2.35. The van der Waals surface area contributed by atoms with Gasteiger partial charge in [0.25, 0.3) is 0 Å². The third-order valence-electron chi connectivity index (χ3n) is 8.10. The second-order valence-corrected chi connectivity index (χ2v) is 10.2. The Morgan fingerprint density at radius 1 is 0.972 bits per heavy atom. The van der Waals surface area contributed by atoms with Gasteiger partial charge in [0.2, 0.25) is 0 Å². The largest absolute Gasteiger partial charge is 0.444 e. The number of hydrogen-bond donors (Lipinski definition) is 1. The van der Waals surface area contributed by atoms with E-state index in [4.69, 9.17) is 15.5 Å². The van der Waals surface area contributed by atoms with Gasteiger partial charge in [-0.1, -0.05) is 78.9 Å². The molecule has 3 heterocycles. The minimum Gasteiger partial charge on any atom is -0.444 e.